The van der Waals surface area contributed by atoms with Crippen molar-refractivity contribution in [3.63, 3.8) is 0 Å². The second-order valence-corrected chi connectivity index (χ2v) is 8.00. The van der Waals surface area contributed by atoms with Gasteiger partial charge in [0.25, 0.3) is 5.91 Å². The van der Waals surface area contributed by atoms with Crippen molar-refractivity contribution in [3.8, 4) is 0 Å². The van der Waals surface area contributed by atoms with Crippen LogP contribution in [-0.2, 0) is 24.3 Å². The Kier molecular flexibility index (Phi) is 5.11. The molecule has 0 radical (unpaired) electrons. The molecule has 1 aliphatic heterocycles. The molecule has 0 bridgehead atoms. The highest BCUT2D eigenvalue weighted by Gasteiger charge is 2.27. The van der Waals surface area contributed by atoms with Gasteiger partial charge in [-0.15, -0.1) is 0 Å². The number of aryl methyl sites for hydroxylation is 1. The number of nitrogens with zero attached hydrogens (tertiary/aromatic N) is 2. The van der Waals surface area contributed by atoms with Crippen LogP contribution in [0.4, 0.5) is 11.6 Å². The van der Waals surface area contributed by atoms with Crippen LogP contribution in [0, 0.1) is 6.92 Å². The first-order valence-electron chi connectivity index (χ1n) is 10.5. The van der Waals surface area contributed by atoms with E-state index in [1.807, 2.05) is 55.6 Å². The highest BCUT2D eigenvalue weighted by Crippen LogP contribution is 2.30. The second-order valence-electron chi connectivity index (χ2n) is 8.00. The molecule has 6 heteroatoms. The van der Waals surface area contributed by atoms with Crippen LogP contribution in [0.2, 0.25) is 0 Å². The number of hydrogen-bond donors (Lipinski definition) is 1. The highest BCUT2D eigenvalue weighted by molar-refractivity contribution is 6.06. The highest BCUT2D eigenvalue weighted by atomic mass is 16.3. The second kappa shape index (κ2) is 8.23. The van der Waals surface area contributed by atoms with Gasteiger partial charge in [0, 0.05) is 28.7 Å². The fraction of sp³-hybridized carbons (Fsp3) is 0.154. The number of amides is 2. The summed E-state index contributed by atoms with van der Waals surface area (Å²) in [5.74, 6) is 0.342. The van der Waals surface area contributed by atoms with Crippen molar-refractivity contribution in [2.24, 2.45) is 0 Å². The summed E-state index contributed by atoms with van der Waals surface area (Å²) < 4.78 is 7.79. The van der Waals surface area contributed by atoms with Crippen molar-refractivity contribution in [2.45, 2.75) is 26.4 Å². The summed E-state index contributed by atoms with van der Waals surface area (Å²) in [6, 6.07) is 20.7. The molecule has 0 atom stereocenters. The van der Waals surface area contributed by atoms with E-state index in [-0.39, 0.29) is 11.8 Å². The maximum atomic E-state index is 13.3. The van der Waals surface area contributed by atoms with Crippen LogP contribution in [0.5, 0.6) is 0 Å². The molecule has 0 unspecified atom stereocenters. The maximum Gasteiger partial charge on any atom is 0.260 e. The smallest absolute Gasteiger partial charge is 0.260 e. The third-order valence-electron chi connectivity index (χ3n) is 5.83. The van der Waals surface area contributed by atoms with Crippen molar-refractivity contribution in [1.29, 1.82) is 0 Å². The Hall–Kier alpha value is -4.06. The Labute approximate surface area is 186 Å². The topological polar surface area (TPSA) is 67.5 Å². The lowest BCUT2D eigenvalue weighted by molar-refractivity contribution is -0.115. The van der Waals surface area contributed by atoms with Crippen LogP contribution in [-0.4, -0.2) is 16.4 Å². The predicted octanol–water partition coefficient (Wildman–Crippen LogP) is 4.78. The number of fused-ring (bicyclic) bond motifs is 2. The summed E-state index contributed by atoms with van der Waals surface area (Å²) in [5.41, 5.74) is 5.28. The quantitative estimate of drug-likeness (QED) is 0.512. The molecule has 3 heterocycles. The molecule has 0 spiro atoms. The Morgan fingerprint density at radius 3 is 2.59 bits per heavy atom. The fourth-order valence-corrected chi connectivity index (χ4v) is 4.05. The summed E-state index contributed by atoms with van der Waals surface area (Å²) in [6.45, 7) is 3.10. The Bertz CT molecular complexity index is 1280. The maximum absolute atomic E-state index is 13.3. The van der Waals surface area contributed by atoms with Crippen molar-refractivity contribution < 1.29 is 14.0 Å². The van der Waals surface area contributed by atoms with Crippen molar-refractivity contribution in [1.82, 2.24) is 4.57 Å². The number of rotatable bonds is 4. The third-order valence-corrected chi connectivity index (χ3v) is 5.83. The monoisotopic (exact) mass is 425 g/mol. The zero-order valence-corrected chi connectivity index (χ0v) is 17.7. The molecule has 0 saturated heterocycles. The van der Waals surface area contributed by atoms with E-state index in [2.05, 4.69) is 9.88 Å². The van der Waals surface area contributed by atoms with Gasteiger partial charge >= 0.3 is 0 Å². The lowest BCUT2D eigenvalue weighted by Gasteiger charge is -2.19. The number of carbonyl (C=O) groups is 2. The Morgan fingerprint density at radius 1 is 0.969 bits per heavy atom. The van der Waals surface area contributed by atoms with Gasteiger partial charge in [-0.2, -0.15) is 0 Å². The van der Waals surface area contributed by atoms with Gasteiger partial charge in [0.15, 0.2) is 0 Å². The molecule has 1 N–H and O–H groups in total. The first-order chi connectivity index (χ1) is 15.6. The normalized spacial score (nSPS) is 12.6. The molecule has 1 aliphatic rings. The molecule has 160 valence electrons. The van der Waals surface area contributed by atoms with Gasteiger partial charge in [-0.05, 0) is 60.5 Å². The SMILES string of the molecule is Cc1ccccc1CC(=O)Nc1ccc(C(=O)N2Cc3cccn3Cc3ccoc32)cc1. The van der Waals surface area contributed by atoms with Gasteiger partial charge in [0.2, 0.25) is 11.8 Å². The molecule has 5 rings (SSSR count). The van der Waals surface area contributed by atoms with Gasteiger partial charge in [-0.25, -0.2) is 0 Å². The number of benzene rings is 2. The molecule has 2 aromatic heterocycles. The molecule has 0 saturated carbocycles. The Morgan fingerprint density at radius 2 is 1.78 bits per heavy atom. The van der Waals surface area contributed by atoms with Crippen LogP contribution < -0.4 is 10.2 Å². The lowest BCUT2D eigenvalue weighted by Crippen LogP contribution is -2.30. The van der Waals surface area contributed by atoms with E-state index in [1.54, 1.807) is 35.4 Å². The largest absolute Gasteiger partial charge is 0.448 e. The summed E-state index contributed by atoms with van der Waals surface area (Å²) in [7, 11) is 0. The van der Waals surface area contributed by atoms with Gasteiger partial charge in [-0.3, -0.25) is 14.5 Å². The van der Waals surface area contributed by atoms with Gasteiger partial charge in [0.05, 0.1) is 25.8 Å². The summed E-state index contributed by atoms with van der Waals surface area (Å²) in [4.78, 5) is 27.4. The summed E-state index contributed by atoms with van der Waals surface area (Å²) in [5, 5.41) is 2.91. The van der Waals surface area contributed by atoms with E-state index in [4.69, 9.17) is 4.42 Å². The number of anilines is 2. The van der Waals surface area contributed by atoms with Crippen molar-refractivity contribution >= 4 is 23.4 Å². The average Bonchev–Trinajstić information content (AvgIpc) is 3.41. The number of carbonyl (C=O) groups excluding carboxylic acids is 2. The molecule has 4 aromatic rings. The van der Waals surface area contributed by atoms with Crippen molar-refractivity contribution in [2.75, 3.05) is 10.2 Å². The molecule has 6 nitrogen and oxygen atoms in total. The summed E-state index contributed by atoms with van der Waals surface area (Å²) in [6.07, 6.45) is 3.93. The number of furan rings is 1. The number of aromatic nitrogens is 1. The van der Waals surface area contributed by atoms with Crippen molar-refractivity contribution in [3.05, 3.63) is 107 Å². The van der Waals surface area contributed by atoms with E-state index in [0.717, 1.165) is 22.4 Å². The molecule has 0 aliphatic carbocycles. The van der Waals surface area contributed by atoms with Crippen LogP contribution in [0.25, 0.3) is 0 Å². The van der Waals surface area contributed by atoms with Gasteiger partial charge in [0.1, 0.15) is 0 Å². The lowest BCUT2D eigenvalue weighted by atomic mass is 10.1. The predicted molar refractivity (Wildman–Crippen MR) is 123 cm³/mol. The van der Waals surface area contributed by atoms with Gasteiger partial charge in [-0.1, -0.05) is 24.3 Å². The zero-order valence-electron chi connectivity index (χ0n) is 17.7. The minimum absolute atomic E-state index is 0.0908. The molecular weight excluding hydrogens is 402 g/mol. The fourth-order valence-electron chi connectivity index (χ4n) is 4.05. The van der Waals surface area contributed by atoms with Crippen LogP contribution in [0.15, 0.2) is 83.6 Å². The van der Waals surface area contributed by atoms with Crippen LogP contribution in [0.1, 0.15) is 32.7 Å². The van der Waals surface area contributed by atoms with Crippen LogP contribution in [0.3, 0.4) is 0 Å². The molecule has 2 aromatic carbocycles. The number of hydrogen-bond acceptors (Lipinski definition) is 3. The van der Waals surface area contributed by atoms with Crippen LogP contribution >= 0.6 is 0 Å². The van der Waals surface area contributed by atoms with E-state index in [0.29, 0.717) is 36.6 Å². The first-order valence-corrected chi connectivity index (χ1v) is 10.5. The summed E-state index contributed by atoms with van der Waals surface area (Å²) >= 11 is 0. The third kappa shape index (κ3) is 3.83. The molecular formula is C26H23N3O3. The Balaban J connectivity index is 1.31. The first kappa shape index (κ1) is 19.9. The minimum atomic E-state index is -0.145. The van der Waals surface area contributed by atoms with E-state index >= 15 is 0 Å². The van der Waals surface area contributed by atoms with Gasteiger partial charge < -0.3 is 14.3 Å². The number of nitrogens with one attached hydrogen (secondary N) is 1. The molecule has 32 heavy (non-hydrogen) atoms. The standard InChI is InChI=1S/C26H23N3O3/c1-18-5-2-3-6-20(18)15-24(30)27-22-10-8-19(9-11-22)25(31)29-17-23-7-4-13-28(23)16-21-12-14-32-26(21)29/h2-14H,15-17H2,1H3,(H,27,30). The molecule has 2 amide bonds. The van der Waals surface area contributed by atoms with E-state index < -0.39 is 0 Å². The zero-order chi connectivity index (χ0) is 22.1. The molecule has 0 fully saturated rings. The van der Waals surface area contributed by atoms with E-state index in [9.17, 15) is 9.59 Å². The minimum Gasteiger partial charge on any atom is -0.448 e. The average molecular weight is 425 g/mol. The van der Waals surface area contributed by atoms with E-state index in [1.165, 1.54) is 0 Å².